The predicted octanol–water partition coefficient (Wildman–Crippen LogP) is 2.74. The van der Waals surface area contributed by atoms with E-state index in [1.165, 1.54) is 4.90 Å². The fraction of sp³-hybridized carbons (Fsp3) is 0.853. The Labute approximate surface area is 286 Å². The van der Waals surface area contributed by atoms with Gasteiger partial charge in [0.05, 0.1) is 33.8 Å². The van der Waals surface area contributed by atoms with Crippen LogP contribution in [0.15, 0.2) is 0 Å². The van der Waals surface area contributed by atoms with E-state index in [0.717, 1.165) is 38.5 Å². The van der Waals surface area contributed by atoms with Gasteiger partial charge in [0.1, 0.15) is 12.1 Å². The molecule has 13 nitrogen and oxygen atoms in total. The lowest BCUT2D eigenvalue weighted by Crippen LogP contribution is -2.62. The SMILES string of the molecule is CC(C)[C@H](NC(=O)NC1(CS(=O)(=O)C(C)(C)C)CCCCC1)C(=O)N1C[C@H](OC(C)(C)C)C[C@H]1C(=O)NC(CC1CCC1)C(=O)C(N)=O. The lowest BCUT2D eigenvalue weighted by atomic mass is 9.80. The summed E-state index contributed by atoms with van der Waals surface area (Å²) in [6.07, 6.45) is 6.22. The molecule has 1 unspecified atom stereocenters. The van der Waals surface area contributed by atoms with Crippen LogP contribution < -0.4 is 21.7 Å². The Kier molecular flexibility index (Phi) is 12.8. The topological polar surface area (TPSA) is 194 Å². The lowest BCUT2D eigenvalue weighted by Gasteiger charge is -2.40. The van der Waals surface area contributed by atoms with Crippen LogP contribution in [0.5, 0.6) is 0 Å². The molecular formula is C34H59N5O8S. The molecule has 3 aliphatic rings. The van der Waals surface area contributed by atoms with Gasteiger partial charge in [0.25, 0.3) is 5.91 Å². The maximum atomic E-state index is 14.3. The number of likely N-dealkylation sites (tertiary alicyclic amines) is 1. The highest BCUT2D eigenvalue weighted by Crippen LogP contribution is 2.33. The number of carbonyl (C=O) groups is 5. The molecule has 5 N–H and O–H groups in total. The van der Waals surface area contributed by atoms with Gasteiger partial charge >= 0.3 is 6.03 Å². The highest BCUT2D eigenvalue weighted by molar-refractivity contribution is 7.92. The van der Waals surface area contributed by atoms with Crippen LogP contribution in [0, 0.1) is 11.8 Å². The number of nitrogens with one attached hydrogen (secondary N) is 3. The maximum Gasteiger partial charge on any atom is 0.315 e. The van der Waals surface area contributed by atoms with Gasteiger partial charge < -0.3 is 31.3 Å². The van der Waals surface area contributed by atoms with Gasteiger partial charge in [0, 0.05) is 13.0 Å². The maximum absolute atomic E-state index is 14.3. The summed E-state index contributed by atoms with van der Waals surface area (Å²) in [7, 11) is -3.57. The molecular weight excluding hydrogens is 638 g/mol. The van der Waals surface area contributed by atoms with Gasteiger partial charge in [-0.2, -0.15) is 0 Å². The van der Waals surface area contributed by atoms with Crippen molar-refractivity contribution in [2.75, 3.05) is 12.3 Å². The number of nitrogens with zero attached hydrogens (tertiary/aromatic N) is 1. The van der Waals surface area contributed by atoms with E-state index >= 15 is 0 Å². The van der Waals surface area contributed by atoms with Crippen molar-refractivity contribution in [3.05, 3.63) is 0 Å². The van der Waals surface area contributed by atoms with E-state index in [1.54, 1.807) is 34.6 Å². The molecule has 1 saturated heterocycles. The molecule has 3 rings (SSSR count). The molecule has 1 heterocycles. The first kappa shape index (κ1) is 39.7. The summed E-state index contributed by atoms with van der Waals surface area (Å²) in [6, 6.07) is -3.82. The van der Waals surface area contributed by atoms with Crippen molar-refractivity contribution in [2.45, 2.75) is 160 Å². The second kappa shape index (κ2) is 15.4. The fourth-order valence-corrected chi connectivity index (χ4v) is 8.35. The largest absolute Gasteiger partial charge is 0.371 e. The summed E-state index contributed by atoms with van der Waals surface area (Å²) in [6.45, 7) is 14.2. The second-order valence-electron chi connectivity index (χ2n) is 16.4. The molecule has 0 aromatic carbocycles. The van der Waals surface area contributed by atoms with Crippen molar-refractivity contribution in [3.8, 4) is 0 Å². The van der Waals surface area contributed by atoms with E-state index < -0.39 is 85.4 Å². The van der Waals surface area contributed by atoms with E-state index in [-0.39, 0.29) is 24.6 Å². The summed E-state index contributed by atoms with van der Waals surface area (Å²) in [5, 5.41) is 8.48. The minimum Gasteiger partial charge on any atom is -0.371 e. The molecule has 0 radical (unpaired) electrons. The third-order valence-corrected chi connectivity index (χ3v) is 12.6. The van der Waals surface area contributed by atoms with E-state index in [4.69, 9.17) is 10.5 Å². The third-order valence-electron chi connectivity index (χ3n) is 9.85. The van der Waals surface area contributed by atoms with Gasteiger partial charge in [-0.05, 0) is 72.6 Å². The fourth-order valence-electron chi connectivity index (χ4n) is 6.83. The number of urea groups is 1. The average molecular weight is 698 g/mol. The normalized spacial score (nSPS) is 23.1. The van der Waals surface area contributed by atoms with Crippen molar-refractivity contribution in [3.63, 3.8) is 0 Å². The molecule has 3 fully saturated rings. The Bertz CT molecular complexity index is 1310. The van der Waals surface area contributed by atoms with Gasteiger partial charge in [-0.15, -0.1) is 0 Å². The monoisotopic (exact) mass is 697 g/mol. The Hall–Kier alpha value is -2.74. The van der Waals surface area contributed by atoms with Gasteiger partial charge in [0.15, 0.2) is 9.84 Å². The molecule has 4 atom stereocenters. The van der Waals surface area contributed by atoms with Crippen molar-refractivity contribution in [1.29, 1.82) is 0 Å². The van der Waals surface area contributed by atoms with Gasteiger partial charge in [-0.3, -0.25) is 19.2 Å². The van der Waals surface area contributed by atoms with Gasteiger partial charge in [-0.1, -0.05) is 52.4 Å². The number of nitrogens with two attached hydrogens (primary N) is 1. The highest BCUT2D eigenvalue weighted by atomic mass is 32.2. The zero-order valence-corrected chi connectivity index (χ0v) is 31.0. The Morgan fingerprint density at radius 3 is 2.02 bits per heavy atom. The molecule has 0 spiro atoms. The van der Waals surface area contributed by atoms with Crippen molar-refractivity contribution < 1.29 is 37.1 Å². The first-order valence-electron chi connectivity index (χ1n) is 17.5. The number of ketones is 1. The zero-order chi connectivity index (χ0) is 36.2. The van der Waals surface area contributed by atoms with E-state index in [1.807, 2.05) is 20.8 Å². The summed E-state index contributed by atoms with van der Waals surface area (Å²) < 4.78 is 31.7. The van der Waals surface area contributed by atoms with Crippen LogP contribution >= 0.6 is 0 Å². The molecule has 1 aliphatic heterocycles. The Morgan fingerprint density at radius 1 is 0.938 bits per heavy atom. The first-order valence-corrected chi connectivity index (χ1v) is 19.1. The van der Waals surface area contributed by atoms with Crippen molar-refractivity contribution in [1.82, 2.24) is 20.9 Å². The van der Waals surface area contributed by atoms with E-state index in [9.17, 15) is 32.4 Å². The summed E-state index contributed by atoms with van der Waals surface area (Å²) in [5.74, 6) is -3.51. The van der Waals surface area contributed by atoms with E-state index in [2.05, 4.69) is 16.0 Å². The Morgan fingerprint density at radius 2 is 1.54 bits per heavy atom. The summed E-state index contributed by atoms with van der Waals surface area (Å²) in [5.41, 5.74) is 3.77. The second-order valence-corrected chi connectivity index (χ2v) is 19.2. The Balaban J connectivity index is 1.84. The van der Waals surface area contributed by atoms with Gasteiger partial charge in [-0.25, -0.2) is 13.2 Å². The molecule has 48 heavy (non-hydrogen) atoms. The average Bonchev–Trinajstić information content (AvgIpc) is 3.33. The van der Waals surface area contributed by atoms with Gasteiger partial charge in [0.2, 0.25) is 17.6 Å². The summed E-state index contributed by atoms with van der Waals surface area (Å²) >= 11 is 0. The number of primary amides is 1. The van der Waals surface area contributed by atoms with Crippen molar-refractivity contribution in [2.24, 2.45) is 17.6 Å². The van der Waals surface area contributed by atoms with Crippen LogP contribution in [0.25, 0.3) is 0 Å². The number of sulfone groups is 1. The van der Waals surface area contributed by atoms with E-state index in [0.29, 0.717) is 19.3 Å². The summed E-state index contributed by atoms with van der Waals surface area (Å²) in [4.78, 5) is 67.6. The molecule has 2 saturated carbocycles. The molecule has 0 aromatic rings. The molecule has 0 aromatic heterocycles. The quantitative estimate of drug-likeness (QED) is 0.211. The number of hydrogen-bond acceptors (Lipinski definition) is 8. The minimum absolute atomic E-state index is 0.0749. The van der Waals surface area contributed by atoms with Crippen LogP contribution in [-0.4, -0.2) is 95.3 Å². The standard InChI is InChI=1S/C34H59N5O8S/c1-21(2)26(37-31(44)38-34(15-10-9-11-16-34)20-48(45,46)33(6,7)8)30(43)39-19-23(47-32(3,4)5)18-25(39)29(42)36-24(27(40)28(35)41)17-22-13-12-14-22/h21-26H,9-20H2,1-8H3,(H2,35,41)(H,36,42)(H2,37,38,44)/t23-,24?,25+,26+/m1/s1. The number of hydrogen-bond donors (Lipinski definition) is 4. The lowest BCUT2D eigenvalue weighted by molar-refractivity contribution is -0.143. The highest BCUT2D eigenvalue weighted by Gasteiger charge is 2.46. The van der Waals surface area contributed by atoms with Crippen LogP contribution in [0.2, 0.25) is 0 Å². The third kappa shape index (κ3) is 10.4. The van der Waals surface area contributed by atoms with Crippen LogP contribution in [0.1, 0.15) is 120 Å². The zero-order valence-electron chi connectivity index (χ0n) is 30.1. The van der Waals surface area contributed by atoms with Crippen LogP contribution in [0.4, 0.5) is 4.79 Å². The predicted molar refractivity (Wildman–Crippen MR) is 182 cm³/mol. The molecule has 5 amide bonds. The number of carbonyl (C=O) groups excluding carboxylic acids is 5. The molecule has 274 valence electrons. The molecule has 2 aliphatic carbocycles. The van der Waals surface area contributed by atoms with Crippen molar-refractivity contribution >= 4 is 39.4 Å². The minimum atomic E-state index is -3.57. The number of rotatable bonds is 13. The number of Topliss-reactive ketones (excluding diaryl/α,β-unsaturated/α-hetero) is 1. The number of ether oxygens (including phenoxy) is 1. The smallest absolute Gasteiger partial charge is 0.315 e. The molecule has 14 heteroatoms. The van der Waals surface area contributed by atoms with Crippen LogP contribution in [0.3, 0.4) is 0 Å². The number of amides is 5. The molecule has 0 bridgehead atoms. The first-order chi connectivity index (χ1) is 22.0. The van der Waals surface area contributed by atoms with Crippen LogP contribution in [-0.2, 0) is 33.8 Å².